The fourth-order valence-corrected chi connectivity index (χ4v) is 5.23. The number of nitrogens with zero attached hydrogens (tertiary/aromatic N) is 1. The van der Waals surface area contributed by atoms with E-state index in [9.17, 15) is 24.0 Å². The van der Waals surface area contributed by atoms with Gasteiger partial charge < -0.3 is 14.2 Å². The Bertz CT molecular complexity index is 1360. The topological polar surface area (TPSA) is 134 Å². The summed E-state index contributed by atoms with van der Waals surface area (Å²) in [6.07, 6.45) is -0.968. The van der Waals surface area contributed by atoms with Gasteiger partial charge in [0.2, 0.25) is 0 Å². The molecule has 36 heavy (non-hydrogen) atoms. The van der Waals surface area contributed by atoms with Crippen molar-refractivity contribution in [3.63, 3.8) is 0 Å². The molecule has 0 amide bonds. The van der Waals surface area contributed by atoms with Gasteiger partial charge in [0.15, 0.2) is 12.2 Å². The van der Waals surface area contributed by atoms with E-state index in [1.165, 1.54) is 17.7 Å². The Kier molecular flexibility index (Phi) is 7.69. The van der Waals surface area contributed by atoms with Crippen LogP contribution >= 0.6 is 11.8 Å². The smallest absolute Gasteiger partial charge is 0.338 e. The highest BCUT2D eigenvalue weighted by atomic mass is 32.2. The average Bonchev–Trinajstić information content (AvgIpc) is 3.20. The maximum atomic E-state index is 13.0. The summed E-state index contributed by atoms with van der Waals surface area (Å²) in [5.41, 5.74) is -0.805. The van der Waals surface area contributed by atoms with Crippen LogP contribution in [0.5, 0.6) is 0 Å². The van der Waals surface area contributed by atoms with Gasteiger partial charge in [-0.25, -0.2) is 14.4 Å². The lowest BCUT2D eigenvalue weighted by atomic mass is 10.1. The second-order valence-corrected chi connectivity index (χ2v) is 9.22. The van der Waals surface area contributed by atoms with Crippen LogP contribution in [0, 0.1) is 0 Å². The minimum absolute atomic E-state index is 0.166. The second kappa shape index (κ2) is 11.1. The molecule has 1 fully saturated rings. The monoisotopic (exact) mass is 510 g/mol. The van der Waals surface area contributed by atoms with Crippen molar-refractivity contribution in [3.8, 4) is 0 Å². The summed E-state index contributed by atoms with van der Waals surface area (Å²) in [5.74, 6) is -1.92. The summed E-state index contributed by atoms with van der Waals surface area (Å²) in [5, 5.41) is -1.57. The highest BCUT2D eigenvalue weighted by molar-refractivity contribution is 8.00. The molecular formula is C25H22N2O8S. The van der Waals surface area contributed by atoms with Gasteiger partial charge >= 0.3 is 23.6 Å². The van der Waals surface area contributed by atoms with Gasteiger partial charge in [-0.1, -0.05) is 36.4 Å². The molecule has 11 heteroatoms. The summed E-state index contributed by atoms with van der Waals surface area (Å²) < 4.78 is 18.0. The van der Waals surface area contributed by atoms with Crippen LogP contribution in [0.4, 0.5) is 0 Å². The van der Waals surface area contributed by atoms with Gasteiger partial charge in [0.05, 0.1) is 16.4 Å². The minimum atomic E-state index is -1.15. The van der Waals surface area contributed by atoms with Crippen molar-refractivity contribution in [2.45, 2.75) is 29.8 Å². The third kappa shape index (κ3) is 5.74. The zero-order valence-corrected chi connectivity index (χ0v) is 19.9. The number of esters is 3. The summed E-state index contributed by atoms with van der Waals surface area (Å²) in [4.78, 5) is 63.9. The SMILES string of the molecule is CC(=O)OC[C@H]1S[C@@H](n2ccc(=O)[nH]c2=O)[C@H](OC(=O)c2ccccc2)[C@@H]1OC(=O)c1ccccc1. The van der Waals surface area contributed by atoms with Gasteiger partial charge in [0.1, 0.15) is 12.0 Å². The van der Waals surface area contributed by atoms with Crippen molar-refractivity contribution in [3.05, 3.63) is 105 Å². The van der Waals surface area contributed by atoms with E-state index in [4.69, 9.17) is 14.2 Å². The summed E-state index contributed by atoms with van der Waals surface area (Å²) in [6.45, 7) is 1.07. The molecule has 3 aromatic rings. The first-order valence-electron chi connectivity index (χ1n) is 11.0. The van der Waals surface area contributed by atoms with Crippen LogP contribution < -0.4 is 11.2 Å². The highest BCUT2D eigenvalue weighted by Crippen LogP contribution is 2.45. The molecule has 0 unspecified atom stereocenters. The third-order valence-corrected chi connectivity index (χ3v) is 6.90. The molecule has 0 spiro atoms. The predicted octanol–water partition coefficient (Wildman–Crippen LogP) is 2.16. The lowest BCUT2D eigenvalue weighted by molar-refractivity contribution is -0.141. The fourth-order valence-electron chi connectivity index (χ4n) is 3.69. The van der Waals surface area contributed by atoms with Crippen LogP contribution in [0.15, 0.2) is 82.5 Å². The van der Waals surface area contributed by atoms with Gasteiger partial charge in [-0.2, -0.15) is 0 Å². The first-order chi connectivity index (χ1) is 17.3. The van der Waals surface area contributed by atoms with E-state index in [1.54, 1.807) is 60.7 Å². The number of thioether (sulfide) groups is 1. The number of H-pyrrole nitrogens is 1. The van der Waals surface area contributed by atoms with Gasteiger partial charge in [-0.15, -0.1) is 11.8 Å². The molecule has 186 valence electrons. The van der Waals surface area contributed by atoms with Crippen LogP contribution in [0.25, 0.3) is 0 Å². The molecule has 1 N–H and O–H groups in total. The van der Waals surface area contributed by atoms with Crippen LogP contribution in [-0.2, 0) is 19.0 Å². The lowest BCUT2D eigenvalue weighted by Gasteiger charge is -2.26. The molecule has 1 aliphatic rings. The van der Waals surface area contributed by atoms with Crippen molar-refractivity contribution in [2.24, 2.45) is 0 Å². The molecule has 0 radical (unpaired) electrons. The molecule has 4 rings (SSSR count). The van der Waals surface area contributed by atoms with E-state index < -0.39 is 52.0 Å². The van der Waals surface area contributed by atoms with Gasteiger partial charge in [-0.3, -0.25) is 19.1 Å². The molecule has 0 saturated carbocycles. The summed E-state index contributed by atoms with van der Waals surface area (Å²) in [7, 11) is 0. The zero-order valence-electron chi connectivity index (χ0n) is 19.1. The Morgan fingerprint density at radius 2 is 1.42 bits per heavy atom. The number of benzene rings is 2. The number of nitrogens with one attached hydrogen (secondary N) is 1. The Morgan fingerprint density at radius 1 is 0.861 bits per heavy atom. The van der Waals surface area contributed by atoms with Crippen molar-refractivity contribution in [1.29, 1.82) is 0 Å². The van der Waals surface area contributed by atoms with E-state index >= 15 is 0 Å². The van der Waals surface area contributed by atoms with E-state index in [0.29, 0.717) is 0 Å². The Hall–Kier alpha value is -4.12. The zero-order chi connectivity index (χ0) is 25.7. The molecule has 0 bridgehead atoms. The van der Waals surface area contributed by atoms with Crippen LogP contribution in [0.2, 0.25) is 0 Å². The van der Waals surface area contributed by atoms with Crippen LogP contribution in [0.1, 0.15) is 33.0 Å². The maximum Gasteiger partial charge on any atom is 0.338 e. The number of rotatable bonds is 7. The molecule has 1 saturated heterocycles. The molecule has 2 aromatic carbocycles. The molecule has 10 nitrogen and oxygen atoms in total. The number of aromatic amines is 1. The quantitative estimate of drug-likeness (QED) is 0.375. The first kappa shape index (κ1) is 25.0. The third-order valence-electron chi connectivity index (χ3n) is 5.37. The summed E-state index contributed by atoms with van der Waals surface area (Å²) in [6, 6.07) is 17.6. The van der Waals surface area contributed by atoms with Gasteiger partial charge in [0.25, 0.3) is 5.56 Å². The van der Waals surface area contributed by atoms with E-state index in [1.807, 2.05) is 0 Å². The second-order valence-electron chi connectivity index (χ2n) is 7.86. The molecule has 4 atom stereocenters. The predicted molar refractivity (Wildman–Crippen MR) is 130 cm³/mol. The number of hydrogen-bond acceptors (Lipinski definition) is 9. The van der Waals surface area contributed by atoms with Crippen LogP contribution in [-0.4, -0.2) is 51.5 Å². The summed E-state index contributed by atoms with van der Waals surface area (Å²) >= 11 is 1.13. The Morgan fingerprint density at radius 3 is 1.94 bits per heavy atom. The number of hydrogen-bond donors (Lipinski definition) is 1. The lowest BCUT2D eigenvalue weighted by Crippen LogP contribution is -2.43. The van der Waals surface area contributed by atoms with Crippen molar-refractivity contribution < 1.29 is 28.6 Å². The number of carbonyl (C=O) groups excluding carboxylic acids is 3. The maximum absolute atomic E-state index is 13.0. The molecule has 1 aromatic heterocycles. The number of carbonyl (C=O) groups is 3. The molecule has 1 aliphatic heterocycles. The van der Waals surface area contributed by atoms with Gasteiger partial charge in [0, 0.05) is 19.2 Å². The normalized spacial score (nSPS) is 20.9. The molecule has 2 heterocycles. The fraction of sp³-hybridized carbons (Fsp3) is 0.240. The largest absolute Gasteiger partial charge is 0.465 e. The number of ether oxygens (including phenoxy) is 3. The Labute approximate surface area is 209 Å². The van der Waals surface area contributed by atoms with Gasteiger partial charge in [-0.05, 0) is 24.3 Å². The average molecular weight is 511 g/mol. The van der Waals surface area contributed by atoms with E-state index in [-0.39, 0.29) is 17.7 Å². The standard InChI is InChI=1S/C25H22N2O8S/c1-15(28)33-14-18-20(34-23(30)16-8-4-2-5-9-16)21(35-24(31)17-10-6-3-7-11-17)22(36-18)27-13-12-19(29)26-25(27)32/h2-13,18,20-22H,14H2,1H3,(H,26,29,32)/t18-,20-,21-,22-/m1/s1. The number of aromatic nitrogens is 2. The van der Waals surface area contributed by atoms with Crippen molar-refractivity contribution in [2.75, 3.05) is 6.61 Å². The Balaban J connectivity index is 1.72. The first-order valence-corrected chi connectivity index (χ1v) is 11.9. The molecular weight excluding hydrogens is 488 g/mol. The highest BCUT2D eigenvalue weighted by Gasteiger charge is 2.51. The van der Waals surface area contributed by atoms with Crippen molar-refractivity contribution in [1.82, 2.24) is 9.55 Å². The van der Waals surface area contributed by atoms with E-state index in [0.717, 1.165) is 17.8 Å². The van der Waals surface area contributed by atoms with E-state index in [2.05, 4.69) is 4.98 Å². The molecule has 0 aliphatic carbocycles. The van der Waals surface area contributed by atoms with Crippen molar-refractivity contribution >= 4 is 29.7 Å². The minimum Gasteiger partial charge on any atom is -0.465 e. The van der Waals surface area contributed by atoms with Crippen LogP contribution in [0.3, 0.4) is 0 Å².